The van der Waals surface area contributed by atoms with Gasteiger partial charge in [0, 0.05) is 11.6 Å². The van der Waals surface area contributed by atoms with Crippen molar-refractivity contribution < 1.29 is 20.0 Å². The van der Waals surface area contributed by atoms with E-state index in [0.29, 0.717) is 17.1 Å². The van der Waals surface area contributed by atoms with Crippen LogP contribution in [0.5, 0.6) is 0 Å². The van der Waals surface area contributed by atoms with Crippen LogP contribution in [0.4, 0.5) is 5.69 Å². The quantitative estimate of drug-likeness (QED) is 0.586. The summed E-state index contributed by atoms with van der Waals surface area (Å²) in [6.07, 6.45) is 1.77. The molecule has 5 nitrogen and oxygen atoms in total. The second kappa shape index (κ2) is 6.83. The van der Waals surface area contributed by atoms with E-state index in [2.05, 4.69) is 0 Å². The third-order valence-corrected chi connectivity index (χ3v) is 3.58. The molecule has 1 aromatic rings. The van der Waals surface area contributed by atoms with Crippen molar-refractivity contribution in [3.8, 4) is 0 Å². The van der Waals surface area contributed by atoms with Crippen molar-refractivity contribution in [1.29, 1.82) is 0 Å². The summed E-state index contributed by atoms with van der Waals surface area (Å²) in [5, 5.41) is 11.2. The standard InChI is InChI=1S/C14H17ClN2O3/c15-10-3-5-11(6-4-10)17-13(19)9-12(14(17)20)16-7-1-2-8-18/h3-6,12,16,18H,1-2,7-9H2/p+1/t12-/m0/s1. The zero-order chi connectivity index (χ0) is 14.5. The van der Waals surface area contributed by atoms with Crippen molar-refractivity contribution >= 4 is 29.1 Å². The molecule has 1 aliphatic rings. The number of anilines is 1. The van der Waals surface area contributed by atoms with Crippen molar-refractivity contribution in [3.05, 3.63) is 29.3 Å². The first-order valence-electron chi connectivity index (χ1n) is 6.70. The summed E-state index contributed by atoms with van der Waals surface area (Å²) in [5.41, 5.74) is 0.565. The van der Waals surface area contributed by atoms with Gasteiger partial charge < -0.3 is 10.4 Å². The van der Waals surface area contributed by atoms with Gasteiger partial charge in [0.1, 0.15) is 0 Å². The first kappa shape index (κ1) is 15.0. The number of hydrogen-bond acceptors (Lipinski definition) is 3. The van der Waals surface area contributed by atoms with E-state index < -0.39 is 0 Å². The van der Waals surface area contributed by atoms with Crippen LogP contribution in [0.1, 0.15) is 19.3 Å². The Balaban J connectivity index is 2.00. The Morgan fingerprint density at radius 1 is 1.25 bits per heavy atom. The molecule has 0 aliphatic carbocycles. The number of quaternary nitrogens is 1. The molecule has 1 fully saturated rings. The molecule has 2 amide bonds. The zero-order valence-electron chi connectivity index (χ0n) is 11.1. The van der Waals surface area contributed by atoms with Gasteiger partial charge in [0.25, 0.3) is 5.91 Å². The fraction of sp³-hybridized carbons (Fsp3) is 0.429. The maximum Gasteiger partial charge on any atom is 0.292 e. The van der Waals surface area contributed by atoms with Crippen LogP contribution < -0.4 is 10.2 Å². The van der Waals surface area contributed by atoms with Gasteiger partial charge in [-0.25, -0.2) is 4.90 Å². The van der Waals surface area contributed by atoms with Crippen molar-refractivity contribution in [2.75, 3.05) is 18.1 Å². The number of hydrogen-bond donors (Lipinski definition) is 2. The van der Waals surface area contributed by atoms with E-state index in [1.165, 1.54) is 4.90 Å². The Bertz CT molecular complexity index is 490. The molecule has 1 aromatic carbocycles. The molecule has 6 heteroatoms. The Kier molecular flexibility index (Phi) is 5.11. The molecule has 1 saturated heterocycles. The van der Waals surface area contributed by atoms with E-state index in [9.17, 15) is 9.59 Å². The lowest BCUT2D eigenvalue weighted by Gasteiger charge is -2.14. The Morgan fingerprint density at radius 2 is 1.95 bits per heavy atom. The van der Waals surface area contributed by atoms with Gasteiger partial charge >= 0.3 is 0 Å². The predicted octanol–water partition coefficient (Wildman–Crippen LogP) is 0.308. The minimum Gasteiger partial charge on any atom is -0.396 e. The normalized spacial score (nSPS) is 18.9. The lowest BCUT2D eigenvalue weighted by Crippen LogP contribution is -2.91. The highest BCUT2D eigenvalue weighted by atomic mass is 35.5. The monoisotopic (exact) mass is 297 g/mol. The number of carbonyl (C=O) groups excluding carboxylic acids is 2. The van der Waals surface area contributed by atoms with Crippen LogP contribution >= 0.6 is 11.6 Å². The number of rotatable bonds is 6. The van der Waals surface area contributed by atoms with Crippen LogP contribution in [0, 0.1) is 0 Å². The molecule has 2 rings (SSSR count). The summed E-state index contributed by atoms with van der Waals surface area (Å²) < 4.78 is 0. The van der Waals surface area contributed by atoms with Gasteiger partial charge in [-0.05, 0) is 37.1 Å². The minimum atomic E-state index is -0.350. The molecule has 0 spiro atoms. The fourth-order valence-electron chi connectivity index (χ4n) is 2.28. The van der Waals surface area contributed by atoms with Gasteiger partial charge in [-0.3, -0.25) is 9.59 Å². The van der Waals surface area contributed by atoms with Crippen molar-refractivity contribution in [2.24, 2.45) is 0 Å². The predicted molar refractivity (Wildman–Crippen MR) is 75.5 cm³/mol. The molecule has 0 unspecified atom stereocenters. The summed E-state index contributed by atoms with van der Waals surface area (Å²) >= 11 is 5.80. The third-order valence-electron chi connectivity index (χ3n) is 3.33. The van der Waals surface area contributed by atoms with E-state index >= 15 is 0 Å². The van der Waals surface area contributed by atoms with Crippen molar-refractivity contribution in [3.63, 3.8) is 0 Å². The molecule has 0 aromatic heterocycles. The van der Waals surface area contributed by atoms with E-state index in [1.807, 2.05) is 5.32 Å². The summed E-state index contributed by atoms with van der Waals surface area (Å²) in [6.45, 7) is 0.890. The molecule has 0 bridgehead atoms. The van der Waals surface area contributed by atoms with E-state index in [1.54, 1.807) is 24.3 Å². The highest BCUT2D eigenvalue weighted by Gasteiger charge is 2.41. The SMILES string of the molecule is O=C1C[C@H]([NH2+]CCCCO)C(=O)N1c1ccc(Cl)cc1. The van der Waals surface area contributed by atoms with E-state index in [0.717, 1.165) is 13.0 Å². The highest BCUT2D eigenvalue weighted by Crippen LogP contribution is 2.23. The molecule has 1 atom stereocenters. The van der Waals surface area contributed by atoms with Crippen LogP contribution in [0.25, 0.3) is 0 Å². The molecular formula is C14H18ClN2O3+. The molecule has 20 heavy (non-hydrogen) atoms. The third kappa shape index (κ3) is 3.36. The number of amides is 2. The number of unbranched alkanes of at least 4 members (excludes halogenated alkanes) is 1. The van der Waals surface area contributed by atoms with Crippen LogP contribution in [-0.2, 0) is 9.59 Å². The first-order valence-corrected chi connectivity index (χ1v) is 7.08. The average Bonchev–Trinajstić information content (AvgIpc) is 2.71. The molecule has 1 aliphatic heterocycles. The number of benzene rings is 1. The summed E-state index contributed by atoms with van der Waals surface area (Å²) in [6, 6.07) is 6.32. The topological polar surface area (TPSA) is 74.2 Å². The molecular weight excluding hydrogens is 280 g/mol. The molecule has 1 heterocycles. The maximum absolute atomic E-state index is 12.3. The van der Waals surface area contributed by atoms with E-state index in [-0.39, 0.29) is 30.9 Å². The first-order chi connectivity index (χ1) is 9.63. The van der Waals surface area contributed by atoms with Crippen molar-refractivity contribution in [2.45, 2.75) is 25.3 Å². The van der Waals surface area contributed by atoms with Gasteiger partial charge in [0.15, 0.2) is 6.04 Å². The number of nitrogens with two attached hydrogens (primary N) is 1. The second-order valence-electron chi connectivity index (χ2n) is 4.81. The lowest BCUT2D eigenvalue weighted by atomic mass is 10.2. The van der Waals surface area contributed by atoms with Crippen LogP contribution in [0.3, 0.4) is 0 Å². The average molecular weight is 298 g/mol. The largest absolute Gasteiger partial charge is 0.396 e. The second-order valence-corrected chi connectivity index (χ2v) is 5.25. The summed E-state index contributed by atoms with van der Waals surface area (Å²) in [4.78, 5) is 25.5. The van der Waals surface area contributed by atoms with Crippen LogP contribution in [0.15, 0.2) is 24.3 Å². The fourth-order valence-corrected chi connectivity index (χ4v) is 2.40. The smallest absolute Gasteiger partial charge is 0.292 e. The van der Waals surface area contributed by atoms with Crippen LogP contribution in [0.2, 0.25) is 5.02 Å². The Labute approximate surface area is 122 Å². The number of halogens is 1. The molecule has 108 valence electrons. The Hall–Kier alpha value is -1.43. The van der Waals surface area contributed by atoms with Gasteiger partial charge in [-0.2, -0.15) is 0 Å². The zero-order valence-corrected chi connectivity index (χ0v) is 11.8. The van der Waals surface area contributed by atoms with Gasteiger partial charge in [0.2, 0.25) is 5.91 Å². The lowest BCUT2D eigenvalue weighted by molar-refractivity contribution is -0.674. The number of aliphatic hydroxyl groups excluding tert-OH is 1. The summed E-state index contributed by atoms with van der Waals surface area (Å²) in [5.74, 6) is -0.359. The number of aliphatic hydroxyl groups is 1. The van der Waals surface area contributed by atoms with Gasteiger partial charge in [0.05, 0.1) is 18.7 Å². The van der Waals surface area contributed by atoms with Crippen molar-refractivity contribution in [1.82, 2.24) is 0 Å². The highest BCUT2D eigenvalue weighted by molar-refractivity contribution is 6.30. The van der Waals surface area contributed by atoms with Crippen LogP contribution in [-0.4, -0.2) is 36.1 Å². The number of nitrogens with zero attached hydrogens (tertiary/aromatic N) is 1. The van der Waals surface area contributed by atoms with E-state index in [4.69, 9.17) is 16.7 Å². The minimum absolute atomic E-state index is 0.155. The van der Waals surface area contributed by atoms with Gasteiger partial charge in [-0.15, -0.1) is 0 Å². The number of carbonyl (C=O) groups is 2. The molecule has 3 N–H and O–H groups in total. The maximum atomic E-state index is 12.3. The van der Waals surface area contributed by atoms with Gasteiger partial charge in [-0.1, -0.05) is 11.6 Å². The molecule has 0 radical (unpaired) electrons. The number of imide groups is 1. The summed E-state index contributed by atoms with van der Waals surface area (Å²) in [7, 11) is 0. The Morgan fingerprint density at radius 3 is 2.60 bits per heavy atom. The molecule has 0 saturated carbocycles.